The Morgan fingerprint density at radius 1 is 1.26 bits per heavy atom. The molecule has 0 amide bonds. The smallest absolute Gasteiger partial charge is 0.185 e. The Bertz CT molecular complexity index is 392. The third-order valence-electron chi connectivity index (χ3n) is 4.32. The minimum Gasteiger partial charge on any atom is -0.346 e. The zero-order valence-corrected chi connectivity index (χ0v) is 12.6. The van der Waals surface area contributed by atoms with Crippen molar-refractivity contribution in [1.82, 2.24) is 15.2 Å². The van der Waals surface area contributed by atoms with Crippen LogP contribution in [-0.4, -0.2) is 49.2 Å². The summed E-state index contributed by atoms with van der Waals surface area (Å²) in [7, 11) is 1.97. The van der Waals surface area contributed by atoms with E-state index in [0.717, 1.165) is 25.7 Å². The Hall–Kier alpha value is -0.650. The highest BCUT2D eigenvalue weighted by atomic mass is 32.1. The molecule has 1 aromatic heterocycles. The van der Waals surface area contributed by atoms with Gasteiger partial charge in [-0.3, -0.25) is 4.90 Å². The van der Waals surface area contributed by atoms with Crippen LogP contribution in [0, 0.1) is 0 Å². The van der Waals surface area contributed by atoms with Crippen LogP contribution in [0.25, 0.3) is 0 Å². The molecule has 0 radical (unpaired) electrons. The lowest BCUT2D eigenvalue weighted by molar-refractivity contribution is 0.187. The Balaban J connectivity index is 1.53. The van der Waals surface area contributed by atoms with Crippen molar-refractivity contribution in [2.45, 2.75) is 38.3 Å². The highest BCUT2D eigenvalue weighted by molar-refractivity contribution is 7.13. The number of rotatable bonds is 4. The van der Waals surface area contributed by atoms with E-state index in [1.807, 2.05) is 7.05 Å². The second kappa shape index (κ2) is 6.20. The summed E-state index contributed by atoms with van der Waals surface area (Å²) in [5.74, 6) is 0. The number of anilines is 1. The molecule has 2 heterocycles. The van der Waals surface area contributed by atoms with Crippen molar-refractivity contribution in [3.63, 3.8) is 0 Å². The van der Waals surface area contributed by atoms with E-state index in [0.29, 0.717) is 0 Å². The zero-order valence-electron chi connectivity index (χ0n) is 11.8. The van der Waals surface area contributed by atoms with E-state index in [1.54, 1.807) is 11.3 Å². The van der Waals surface area contributed by atoms with E-state index < -0.39 is 0 Å². The van der Waals surface area contributed by atoms with Crippen LogP contribution in [0.2, 0.25) is 0 Å². The predicted octanol–water partition coefficient (Wildman–Crippen LogP) is 1.93. The fourth-order valence-corrected chi connectivity index (χ4v) is 4.13. The monoisotopic (exact) mass is 280 g/mol. The van der Waals surface area contributed by atoms with Gasteiger partial charge >= 0.3 is 0 Å². The van der Waals surface area contributed by atoms with E-state index in [9.17, 15) is 0 Å². The SMILES string of the molecule is CNCc1csc(N2CCN(C3CCCC3)CC2)n1. The highest BCUT2D eigenvalue weighted by Gasteiger charge is 2.26. The van der Waals surface area contributed by atoms with Crippen LogP contribution in [-0.2, 0) is 6.54 Å². The molecule has 1 aliphatic heterocycles. The van der Waals surface area contributed by atoms with Crippen LogP contribution in [0.4, 0.5) is 5.13 Å². The molecule has 19 heavy (non-hydrogen) atoms. The van der Waals surface area contributed by atoms with Gasteiger partial charge in [-0.1, -0.05) is 12.8 Å². The van der Waals surface area contributed by atoms with Crippen molar-refractivity contribution >= 4 is 16.5 Å². The van der Waals surface area contributed by atoms with Crippen molar-refractivity contribution in [3.8, 4) is 0 Å². The molecule has 0 unspecified atom stereocenters. The van der Waals surface area contributed by atoms with Gasteiger partial charge in [0.1, 0.15) is 0 Å². The first-order valence-corrected chi connectivity index (χ1v) is 8.33. The first-order valence-electron chi connectivity index (χ1n) is 7.45. The van der Waals surface area contributed by atoms with Crippen molar-refractivity contribution in [3.05, 3.63) is 11.1 Å². The average Bonchev–Trinajstić information content (AvgIpc) is 3.10. The molecule has 1 aromatic rings. The Kier molecular flexibility index (Phi) is 4.35. The molecule has 4 nitrogen and oxygen atoms in total. The Morgan fingerprint density at radius 3 is 2.68 bits per heavy atom. The summed E-state index contributed by atoms with van der Waals surface area (Å²) >= 11 is 1.79. The molecule has 1 aliphatic carbocycles. The first kappa shape index (κ1) is 13.3. The summed E-state index contributed by atoms with van der Waals surface area (Å²) in [6, 6.07) is 0.873. The molecule has 2 aliphatic rings. The number of aromatic nitrogens is 1. The lowest BCUT2D eigenvalue weighted by Gasteiger charge is -2.37. The normalized spacial score (nSPS) is 22.3. The van der Waals surface area contributed by atoms with E-state index in [4.69, 9.17) is 4.98 Å². The average molecular weight is 280 g/mol. The van der Waals surface area contributed by atoms with Crippen LogP contribution in [0.15, 0.2) is 5.38 Å². The Morgan fingerprint density at radius 2 is 2.00 bits per heavy atom. The third-order valence-corrected chi connectivity index (χ3v) is 5.27. The lowest BCUT2D eigenvalue weighted by Crippen LogP contribution is -2.49. The van der Waals surface area contributed by atoms with Gasteiger partial charge in [0.05, 0.1) is 5.69 Å². The van der Waals surface area contributed by atoms with Crippen LogP contribution in [0.1, 0.15) is 31.4 Å². The number of thiazole rings is 1. The molecule has 0 atom stereocenters. The molecular formula is C14H24N4S. The van der Waals surface area contributed by atoms with Gasteiger partial charge in [-0.15, -0.1) is 11.3 Å². The summed E-state index contributed by atoms with van der Waals surface area (Å²) in [6.07, 6.45) is 5.71. The number of hydrogen-bond donors (Lipinski definition) is 1. The molecule has 2 fully saturated rings. The number of nitrogens with zero attached hydrogens (tertiary/aromatic N) is 3. The largest absolute Gasteiger partial charge is 0.346 e. The molecule has 0 aromatic carbocycles. The van der Waals surface area contributed by atoms with Gasteiger partial charge in [0, 0.05) is 44.1 Å². The Labute approximate surface area is 119 Å². The van der Waals surface area contributed by atoms with Crippen LogP contribution >= 0.6 is 11.3 Å². The van der Waals surface area contributed by atoms with E-state index >= 15 is 0 Å². The molecule has 1 saturated carbocycles. The quantitative estimate of drug-likeness (QED) is 0.913. The maximum absolute atomic E-state index is 4.71. The van der Waals surface area contributed by atoms with Gasteiger partial charge in [-0.25, -0.2) is 4.98 Å². The first-order chi connectivity index (χ1) is 9.36. The van der Waals surface area contributed by atoms with Gasteiger partial charge in [0.25, 0.3) is 0 Å². The summed E-state index contributed by atoms with van der Waals surface area (Å²) in [4.78, 5) is 9.86. The minimum atomic E-state index is 0.873. The van der Waals surface area contributed by atoms with Gasteiger partial charge < -0.3 is 10.2 Å². The van der Waals surface area contributed by atoms with Crippen molar-refractivity contribution in [2.24, 2.45) is 0 Å². The molecule has 106 valence electrons. The number of hydrogen-bond acceptors (Lipinski definition) is 5. The van der Waals surface area contributed by atoms with Crippen molar-refractivity contribution < 1.29 is 0 Å². The maximum atomic E-state index is 4.71. The van der Waals surface area contributed by atoms with Crippen molar-refractivity contribution in [2.75, 3.05) is 38.1 Å². The fraction of sp³-hybridized carbons (Fsp3) is 0.786. The highest BCUT2D eigenvalue weighted by Crippen LogP contribution is 2.26. The number of nitrogens with one attached hydrogen (secondary N) is 1. The summed E-state index contributed by atoms with van der Waals surface area (Å²) in [6.45, 7) is 5.59. The molecular weight excluding hydrogens is 256 g/mol. The van der Waals surface area contributed by atoms with Crippen molar-refractivity contribution in [1.29, 1.82) is 0 Å². The minimum absolute atomic E-state index is 0.873. The standard InChI is InChI=1S/C14H24N4S/c1-15-10-12-11-19-14(16-12)18-8-6-17(7-9-18)13-4-2-3-5-13/h11,13,15H,2-10H2,1H3. The second-order valence-corrected chi connectivity index (χ2v) is 6.45. The van der Waals surface area contributed by atoms with Crippen LogP contribution in [0.5, 0.6) is 0 Å². The van der Waals surface area contributed by atoms with Gasteiger partial charge in [-0.05, 0) is 19.9 Å². The zero-order chi connectivity index (χ0) is 13.1. The van der Waals surface area contributed by atoms with Crippen LogP contribution in [0.3, 0.4) is 0 Å². The fourth-order valence-electron chi connectivity index (χ4n) is 3.25. The predicted molar refractivity (Wildman–Crippen MR) is 80.9 cm³/mol. The maximum Gasteiger partial charge on any atom is 0.185 e. The molecule has 0 bridgehead atoms. The van der Waals surface area contributed by atoms with E-state index in [-0.39, 0.29) is 0 Å². The molecule has 3 rings (SSSR count). The topological polar surface area (TPSA) is 31.4 Å². The van der Waals surface area contributed by atoms with Gasteiger partial charge in [-0.2, -0.15) is 0 Å². The van der Waals surface area contributed by atoms with Gasteiger partial charge in [0.2, 0.25) is 0 Å². The van der Waals surface area contributed by atoms with E-state index in [1.165, 1.54) is 49.6 Å². The molecule has 1 N–H and O–H groups in total. The molecule has 5 heteroatoms. The lowest BCUT2D eigenvalue weighted by atomic mass is 10.2. The summed E-state index contributed by atoms with van der Waals surface area (Å²) < 4.78 is 0. The summed E-state index contributed by atoms with van der Waals surface area (Å²) in [5, 5.41) is 6.54. The van der Waals surface area contributed by atoms with E-state index in [2.05, 4.69) is 20.5 Å². The molecule has 1 saturated heterocycles. The van der Waals surface area contributed by atoms with Gasteiger partial charge in [0.15, 0.2) is 5.13 Å². The second-order valence-electron chi connectivity index (χ2n) is 5.61. The third kappa shape index (κ3) is 3.09. The molecule has 0 spiro atoms. The summed E-state index contributed by atoms with van der Waals surface area (Å²) in [5.41, 5.74) is 1.17. The van der Waals surface area contributed by atoms with Crippen LogP contribution < -0.4 is 10.2 Å². The number of piperazine rings is 1.